The predicted molar refractivity (Wildman–Crippen MR) is 64.1 cm³/mol. The van der Waals surface area contributed by atoms with Gasteiger partial charge in [-0.1, -0.05) is 0 Å². The number of hydrogen-bond donors (Lipinski definition) is 2. The van der Waals surface area contributed by atoms with E-state index in [1.165, 1.54) is 18.6 Å². The Morgan fingerprint density at radius 2 is 2.00 bits per heavy atom. The summed E-state index contributed by atoms with van der Waals surface area (Å²) in [5.41, 5.74) is -1.50. The topological polar surface area (TPSA) is 83.3 Å². The molecule has 2 N–H and O–H groups in total. The highest BCUT2D eigenvalue weighted by atomic mass is 19.1. The van der Waals surface area contributed by atoms with Gasteiger partial charge in [0.15, 0.2) is 0 Å². The summed E-state index contributed by atoms with van der Waals surface area (Å²) in [6, 6.07) is 0.763. The first-order chi connectivity index (χ1) is 9.43. The zero-order valence-electron chi connectivity index (χ0n) is 10.3. The molecule has 0 aliphatic heterocycles. The van der Waals surface area contributed by atoms with Crippen molar-refractivity contribution >= 4 is 5.97 Å². The largest absolute Gasteiger partial charge is 0.478 e. The van der Waals surface area contributed by atoms with Gasteiger partial charge in [0, 0.05) is 23.5 Å². The molecule has 0 aliphatic rings. The van der Waals surface area contributed by atoms with Gasteiger partial charge in [-0.25, -0.2) is 13.6 Å². The van der Waals surface area contributed by atoms with Crippen LogP contribution >= 0.6 is 0 Å². The third-order valence-electron chi connectivity index (χ3n) is 2.84. The Morgan fingerprint density at radius 3 is 2.55 bits per heavy atom. The summed E-state index contributed by atoms with van der Waals surface area (Å²) >= 11 is 0. The van der Waals surface area contributed by atoms with Crippen LogP contribution in [0.25, 0.3) is 0 Å². The number of aromatic nitrogens is 2. The van der Waals surface area contributed by atoms with E-state index in [-0.39, 0.29) is 11.3 Å². The van der Waals surface area contributed by atoms with Crippen molar-refractivity contribution in [3.05, 3.63) is 58.7 Å². The Labute approximate surface area is 112 Å². The molecule has 104 valence electrons. The number of hydrogen-bond acceptors (Lipinski definition) is 4. The van der Waals surface area contributed by atoms with Crippen LogP contribution in [0.1, 0.15) is 33.3 Å². The van der Waals surface area contributed by atoms with Crippen molar-refractivity contribution in [1.82, 2.24) is 9.97 Å². The molecule has 0 amide bonds. The van der Waals surface area contributed by atoms with E-state index in [1.807, 2.05) is 0 Å². The Bertz CT molecular complexity index is 662. The van der Waals surface area contributed by atoms with Crippen molar-refractivity contribution in [2.45, 2.75) is 13.0 Å². The van der Waals surface area contributed by atoms with Crippen LogP contribution in [0.2, 0.25) is 0 Å². The van der Waals surface area contributed by atoms with Crippen LogP contribution in [0.3, 0.4) is 0 Å². The molecule has 0 radical (unpaired) electrons. The van der Waals surface area contributed by atoms with Gasteiger partial charge in [0.25, 0.3) is 0 Å². The lowest BCUT2D eigenvalue weighted by Gasteiger charge is -2.14. The fourth-order valence-corrected chi connectivity index (χ4v) is 1.76. The molecule has 0 saturated heterocycles. The zero-order valence-corrected chi connectivity index (χ0v) is 10.3. The SMILES string of the molecule is Cc1c(F)c(C(=O)O)cc(C(O)c2cnccn2)c1F. The first-order valence-corrected chi connectivity index (χ1v) is 5.59. The van der Waals surface area contributed by atoms with Crippen LogP contribution in [-0.2, 0) is 0 Å². The molecule has 0 saturated carbocycles. The zero-order chi connectivity index (χ0) is 14.9. The Balaban J connectivity index is 2.60. The molecular weight excluding hydrogens is 270 g/mol. The fourth-order valence-electron chi connectivity index (χ4n) is 1.76. The van der Waals surface area contributed by atoms with Gasteiger partial charge in [-0.2, -0.15) is 0 Å². The maximum atomic E-state index is 14.0. The first kappa shape index (κ1) is 14.0. The summed E-state index contributed by atoms with van der Waals surface area (Å²) in [4.78, 5) is 18.5. The summed E-state index contributed by atoms with van der Waals surface area (Å²) < 4.78 is 27.6. The molecule has 5 nitrogen and oxygen atoms in total. The summed E-state index contributed by atoms with van der Waals surface area (Å²) in [5, 5.41) is 18.9. The number of carboxylic acid groups (broad SMARTS) is 1. The lowest BCUT2D eigenvalue weighted by molar-refractivity contribution is 0.0691. The lowest BCUT2D eigenvalue weighted by atomic mass is 9.99. The standard InChI is InChI=1S/C13H10F2N2O3/c1-6-10(14)7(4-8(11(6)15)13(19)20)12(18)9-5-16-2-3-17-9/h2-5,12,18H,1H3,(H,19,20). The first-order valence-electron chi connectivity index (χ1n) is 5.59. The van der Waals surface area contributed by atoms with Crippen LogP contribution < -0.4 is 0 Å². The van der Waals surface area contributed by atoms with Crippen molar-refractivity contribution in [1.29, 1.82) is 0 Å². The fraction of sp³-hybridized carbons (Fsp3) is 0.154. The van der Waals surface area contributed by atoms with Crippen LogP contribution in [-0.4, -0.2) is 26.2 Å². The predicted octanol–water partition coefficient (Wildman–Crippen LogP) is 1.84. The molecular formula is C13H10F2N2O3. The van der Waals surface area contributed by atoms with Crippen molar-refractivity contribution in [3.63, 3.8) is 0 Å². The van der Waals surface area contributed by atoms with Gasteiger partial charge >= 0.3 is 5.97 Å². The van der Waals surface area contributed by atoms with Gasteiger partial charge in [0.1, 0.15) is 17.7 Å². The number of benzene rings is 1. The third-order valence-corrected chi connectivity index (χ3v) is 2.84. The third kappa shape index (κ3) is 2.35. The average Bonchev–Trinajstić information content (AvgIpc) is 2.45. The number of nitrogens with zero attached hydrogens (tertiary/aromatic N) is 2. The Hall–Kier alpha value is -2.41. The maximum absolute atomic E-state index is 14.0. The Kier molecular flexibility index (Phi) is 3.71. The molecule has 0 aliphatic carbocycles. The number of carbonyl (C=O) groups is 1. The van der Waals surface area contributed by atoms with Gasteiger partial charge in [-0.15, -0.1) is 0 Å². The normalized spacial score (nSPS) is 12.2. The molecule has 2 aromatic rings. The number of aliphatic hydroxyl groups is 1. The van der Waals surface area contributed by atoms with Crippen LogP contribution in [0, 0.1) is 18.6 Å². The summed E-state index contributed by atoms with van der Waals surface area (Å²) in [5.74, 6) is -3.71. The van der Waals surface area contributed by atoms with E-state index in [1.54, 1.807) is 0 Å². The second-order valence-corrected chi connectivity index (χ2v) is 4.10. The molecule has 1 aromatic heterocycles. The number of aliphatic hydroxyl groups excluding tert-OH is 1. The second kappa shape index (κ2) is 5.30. The smallest absolute Gasteiger partial charge is 0.338 e. The average molecular weight is 280 g/mol. The van der Waals surface area contributed by atoms with Crippen molar-refractivity contribution in [2.75, 3.05) is 0 Å². The molecule has 1 unspecified atom stereocenters. The van der Waals surface area contributed by atoms with E-state index in [0.717, 1.165) is 13.0 Å². The summed E-state index contributed by atoms with van der Waals surface area (Å²) in [7, 11) is 0. The summed E-state index contributed by atoms with van der Waals surface area (Å²) in [6.45, 7) is 1.10. The molecule has 0 bridgehead atoms. The van der Waals surface area contributed by atoms with Crippen molar-refractivity contribution in [2.24, 2.45) is 0 Å². The van der Waals surface area contributed by atoms with E-state index in [0.29, 0.717) is 0 Å². The minimum atomic E-state index is -1.54. The molecule has 1 aromatic carbocycles. The number of aromatic carboxylic acids is 1. The van der Waals surface area contributed by atoms with Crippen molar-refractivity contribution in [3.8, 4) is 0 Å². The quantitative estimate of drug-likeness (QED) is 0.896. The highest BCUT2D eigenvalue weighted by Crippen LogP contribution is 2.28. The van der Waals surface area contributed by atoms with E-state index in [4.69, 9.17) is 5.11 Å². The van der Waals surface area contributed by atoms with E-state index in [9.17, 15) is 18.7 Å². The minimum Gasteiger partial charge on any atom is -0.478 e. The molecule has 7 heteroatoms. The number of carboxylic acids is 1. The molecule has 20 heavy (non-hydrogen) atoms. The highest BCUT2D eigenvalue weighted by molar-refractivity contribution is 5.88. The highest BCUT2D eigenvalue weighted by Gasteiger charge is 2.24. The molecule has 0 spiro atoms. The Morgan fingerprint density at radius 1 is 1.30 bits per heavy atom. The van der Waals surface area contributed by atoms with Gasteiger partial charge in [0.2, 0.25) is 0 Å². The number of halogens is 2. The van der Waals surface area contributed by atoms with Gasteiger partial charge < -0.3 is 10.2 Å². The van der Waals surface area contributed by atoms with Crippen LogP contribution in [0.4, 0.5) is 8.78 Å². The molecule has 1 atom stereocenters. The van der Waals surface area contributed by atoms with Crippen LogP contribution in [0.15, 0.2) is 24.7 Å². The monoisotopic (exact) mass is 280 g/mol. The lowest BCUT2D eigenvalue weighted by Crippen LogP contribution is -2.12. The molecule has 0 fully saturated rings. The van der Waals surface area contributed by atoms with E-state index >= 15 is 0 Å². The van der Waals surface area contributed by atoms with Gasteiger partial charge in [-0.05, 0) is 13.0 Å². The van der Waals surface area contributed by atoms with Gasteiger partial charge in [-0.3, -0.25) is 9.97 Å². The van der Waals surface area contributed by atoms with E-state index in [2.05, 4.69) is 9.97 Å². The second-order valence-electron chi connectivity index (χ2n) is 4.10. The number of rotatable bonds is 3. The van der Waals surface area contributed by atoms with Crippen LogP contribution in [0.5, 0.6) is 0 Å². The van der Waals surface area contributed by atoms with Gasteiger partial charge in [0.05, 0.1) is 17.5 Å². The molecule has 1 heterocycles. The minimum absolute atomic E-state index is 0.0359. The van der Waals surface area contributed by atoms with Crippen molar-refractivity contribution < 1.29 is 23.8 Å². The maximum Gasteiger partial charge on any atom is 0.338 e. The summed E-state index contributed by atoms with van der Waals surface area (Å²) in [6.07, 6.45) is 2.35. The molecule has 2 rings (SSSR count). The van der Waals surface area contributed by atoms with E-state index < -0.39 is 34.8 Å².